The Labute approximate surface area is 135 Å². The van der Waals surface area contributed by atoms with Crippen LogP contribution in [0.4, 0.5) is 5.69 Å². The molecule has 0 bridgehead atoms. The van der Waals surface area contributed by atoms with Gasteiger partial charge < -0.3 is 0 Å². The minimum Gasteiger partial charge on any atom is -0.278 e. The van der Waals surface area contributed by atoms with Crippen LogP contribution in [0.3, 0.4) is 0 Å². The number of nitrogens with one attached hydrogen (secondary N) is 1. The summed E-state index contributed by atoms with van der Waals surface area (Å²) in [6, 6.07) is 10.5. The molecular weight excluding hydrogens is 406 g/mol. The van der Waals surface area contributed by atoms with E-state index in [0.717, 1.165) is 15.6 Å². The number of rotatable bonds is 3. The number of halogens is 2. The zero-order chi connectivity index (χ0) is 14.9. The van der Waals surface area contributed by atoms with Crippen LogP contribution >= 0.6 is 31.9 Å². The number of anilines is 1. The van der Waals surface area contributed by atoms with Crippen LogP contribution in [0.2, 0.25) is 0 Å². The van der Waals surface area contributed by atoms with Crippen molar-refractivity contribution in [1.29, 1.82) is 0 Å². The fourth-order valence-electron chi connectivity index (χ4n) is 1.71. The Balaban J connectivity index is 2.40. The van der Waals surface area contributed by atoms with Crippen molar-refractivity contribution in [2.24, 2.45) is 0 Å². The monoisotopic (exact) mass is 417 g/mol. The minimum absolute atomic E-state index is 0.242. The molecule has 3 nitrogen and oxygen atoms in total. The molecule has 0 aromatic heterocycles. The maximum absolute atomic E-state index is 12.4. The van der Waals surface area contributed by atoms with Gasteiger partial charge in [0, 0.05) is 8.95 Å². The topological polar surface area (TPSA) is 46.2 Å². The van der Waals surface area contributed by atoms with Crippen molar-refractivity contribution in [3.63, 3.8) is 0 Å². The summed E-state index contributed by atoms with van der Waals surface area (Å²) in [5, 5.41) is 0. The van der Waals surface area contributed by atoms with Crippen LogP contribution in [-0.4, -0.2) is 8.42 Å². The average Bonchev–Trinajstić information content (AvgIpc) is 2.36. The highest BCUT2D eigenvalue weighted by Crippen LogP contribution is 2.27. The number of hydrogen-bond donors (Lipinski definition) is 1. The van der Waals surface area contributed by atoms with Crippen molar-refractivity contribution >= 4 is 47.6 Å². The molecule has 0 aliphatic carbocycles. The predicted molar refractivity (Wildman–Crippen MR) is 88.6 cm³/mol. The van der Waals surface area contributed by atoms with Crippen molar-refractivity contribution in [2.75, 3.05) is 4.72 Å². The van der Waals surface area contributed by atoms with Crippen LogP contribution in [0.1, 0.15) is 11.1 Å². The van der Waals surface area contributed by atoms with Crippen LogP contribution < -0.4 is 4.72 Å². The zero-order valence-electron chi connectivity index (χ0n) is 10.9. The van der Waals surface area contributed by atoms with E-state index >= 15 is 0 Å². The SMILES string of the molecule is Cc1ccc(Br)c(NS(=O)(=O)c2ccc(Br)c(C)c2)c1. The van der Waals surface area contributed by atoms with Gasteiger partial charge in [0.05, 0.1) is 10.6 Å². The molecule has 0 radical (unpaired) electrons. The van der Waals surface area contributed by atoms with Crippen LogP contribution in [0.15, 0.2) is 50.2 Å². The molecule has 2 rings (SSSR count). The van der Waals surface area contributed by atoms with Gasteiger partial charge in [-0.15, -0.1) is 0 Å². The quantitative estimate of drug-likeness (QED) is 0.789. The third-order valence-corrected chi connectivity index (χ3v) is 5.75. The lowest BCUT2D eigenvalue weighted by atomic mass is 10.2. The van der Waals surface area contributed by atoms with Gasteiger partial charge >= 0.3 is 0 Å². The first-order chi connectivity index (χ1) is 9.29. The van der Waals surface area contributed by atoms with Gasteiger partial charge in [0.2, 0.25) is 0 Å². The second kappa shape index (κ2) is 5.87. The molecule has 6 heteroatoms. The third-order valence-electron chi connectivity index (χ3n) is 2.81. The summed E-state index contributed by atoms with van der Waals surface area (Å²) < 4.78 is 29.0. The second-order valence-electron chi connectivity index (χ2n) is 4.50. The van der Waals surface area contributed by atoms with E-state index in [1.807, 2.05) is 26.0 Å². The second-order valence-corrected chi connectivity index (χ2v) is 7.89. The molecule has 0 aliphatic heterocycles. The Hall–Kier alpha value is -0.850. The van der Waals surface area contributed by atoms with Gasteiger partial charge in [-0.2, -0.15) is 0 Å². The maximum atomic E-state index is 12.4. The standard InChI is InChI=1S/C14H13Br2NO2S/c1-9-3-5-13(16)14(7-9)17-20(18,19)11-4-6-12(15)10(2)8-11/h3-8,17H,1-2H3. The smallest absolute Gasteiger partial charge is 0.261 e. The van der Waals surface area contributed by atoms with Crippen LogP contribution in [-0.2, 0) is 10.0 Å². The summed E-state index contributed by atoms with van der Waals surface area (Å²) in [6.07, 6.45) is 0. The normalized spacial score (nSPS) is 11.4. The van der Waals surface area contributed by atoms with Gasteiger partial charge in [0.25, 0.3) is 10.0 Å². The molecule has 0 aliphatic rings. The lowest BCUT2D eigenvalue weighted by molar-refractivity contribution is 0.601. The Kier molecular flexibility index (Phi) is 4.56. The van der Waals surface area contributed by atoms with Crippen molar-refractivity contribution in [3.8, 4) is 0 Å². The molecule has 2 aromatic rings. The first-order valence-corrected chi connectivity index (χ1v) is 8.91. The van der Waals surface area contributed by atoms with E-state index in [2.05, 4.69) is 36.6 Å². The van der Waals surface area contributed by atoms with Gasteiger partial charge in [0.1, 0.15) is 0 Å². The van der Waals surface area contributed by atoms with E-state index in [1.54, 1.807) is 24.3 Å². The number of benzene rings is 2. The molecule has 0 heterocycles. The summed E-state index contributed by atoms with van der Waals surface area (Å²) in [5.74, 6) is 0. The van der Waals surface area contributed by atoms with E-state index in [1.165, 1.54) is 0 Å². The number of aryl methyl sites for hydroxylation is 2. The van der Waals surface area contributed by atoms with E-state index in [4.69, 9.17) is 0 Å². The largest absolute Gasteiger partial charge is 0.278 e. The highest BCUT2D eigenvalue weighted by atomic mass is 79.9. The van der Waals surface area contributed by atoms with Crippen molar-refractivity contribution in [2.45, 2.75) is 18.7 Å². The minimum atomic E-state index is -3.59. The van der Waals surface area contributed by atoms with Crippen LogP contribution in [0.25, 0.3) is 0 Å². The highest BCUT2D eigenvalue weighted by molar-refractivity contribution is 9.11. The summed E-state index contributed by atoms with van der Waals surface area (Å²) >= 11 is 6.71. The van der Waals surface area contributed by atoms with E-state index in [0.29, 0.717) is 10.2 Å². The van der Waals surface area contributed by atoms with E-state index in [-0.39, 0.29) is 4.90 Å². The van der Waals surface area contributed by atoms with Crippen LogP contribution in [0, 0.1) is 13.8 Å². The molecule has 20 heavy (non-hydrogen) atoms. The number of sulfonamides is 1. The fraction of sp³-hybridized carbons (Fsp3) is 0.143. The molecule has 2 aromatic carbocycles. The lowest BCUT2D eigenvalue weighted by Crippen LogP contribution is -2.13. The van der Waals surface area contributed by atoms with E-state index in [9.17, 15) is 8.42 Å². The molecule has 0 fully saturated rings. The zero-order valence-corrected chi connectivity index (χ0v) is 14.9. The first kappa shape index (κ1) is 15.5. The summed E-state index contributed by atoms with van der Waals surface area (Å²) in [4.78, 5) is 0.242. The highest BCUT2D eigenvalue weighted by Gasteiger charge is 2.16. The molecule has 0 saturated heterocycles. The Morgan fingerprint density at radius 3 is 2.25 bits per heavy atom. The molecule has 0 amide bonds. The lowest BCUT2D eigenvalue weighted by Gasteiger charge is -2.11. The van der Waals surface area contributed by atoms with Crippen molar-refractivity contribution < 1.29 is 8.42 Å². The molecular formula is C14H13Br2NO2S. The van der Waals surface area contributed by atoms with Gasteiger partial charge in [-0.1, -0.05) is 22.0 Å². The average molecular weight is 419 g/mol. The molecule has 0 atom stereocenters. The molecule has 0 saturated carbocycles. The van der Waals surface area contributed by atoms with E-state index < -0.39 is 10.0 Å². The Bertz CT molecular complexity index is 758. The van der Waals surface area contributed by atoms with Gasteiger partial charge in [-0.3, -0.25) is 4.72 Å². The van der Waals surface area contributed by atoms with Crippen molar-refractivity contribution in [3.05, 3.63) is 56.5 Å². The molecule has 106 valence electrons. The van der Waals surface area contributed by atoms with Gasteiger partial charge in [0.15, 0.2) is 0 Å². The summed E-state index contributed by atoms with van der Waals surface area (Å²) in [6.45, 7) is 3.76. The summed E-state index contributed by atoms with van der Waals surface area (Å²) in [5.41, 5.74) is 2.39. The fourth-order valence-corrected chi connectivity index (χ4v) is 3.58. The predicted octanol–water partition coefficient (Wildman–Crippen LogP) is 4.63. The Morgan fingerprint density at radius 2 is 1.60 bits per heavy atom. The summed E-state index contributed by atoms with van der Waals surface area (Å²) in [7, 11) is -3.59. The Morgan fingerprint density at radius 1 is 0.950 bits per heavy atom. The van der Waals surface area contributed by atoms with Gasteiger partial charge in [-0.05, 0) is 71.2 Å². The first-order valence-electron chi connectivity index (χ1n) is 5.85. The molecule has 0 unspecified atom stereocenters. The van der Waals surface area contributed by atoms with Crippen molar-refractivity contribution in [1.82, 2.24) is 0 Å². The van der Waals surface area contributed by atoms with Gasteiger partial charge in [-0.25, -0.2) is 8.42 Å². The molecule has 0 spiro atoms. The number of hydrogen-bond acceptors (Lipinski definition) is 2. The van der Waals surface area contributed by atoms with Crippen LogP contribution in [0.5, 0.6) is 0 Å². The molecule has 1 N–H and O–H groups in total. The third kappa shape index (κ3) is 3.42. The maximum Gasteiger partial charge on any atom is 0.261 e.